The molecule has 18 heavy (non-hydrogen) atoms. The molecule has 1 aliphatic heterocycles. The number of piperazine rings is 1. The van der Waals surface area contributed by atoms with Crippen molar-refractivity contribution < 1.29 is 15.0 Å². The maximum absolute atomic E-state index is 10.5. The maximum atomic E-state index is 10.5. The van der Waals surface area contributed by atoms with Gasteiger partial charge in [0.05, 0.1) is 6.42 Å². The van der Waals surface area contributed by atoms with Gasteiger partial charge < -0.3 is 20.0 Å². The zero-order chi connectivity index (χ0) is 13.2. The lowest BCUT2D eigenvalue weighted by atomic mass is 10.2. The van der Waals surface area contributed by atoms with E-state index in [1.165, 1.54) is 12.8 Å². The number of carboxylic acids is 1. The van der Waals surface area contributed by atoms with Gasteiger partial charge >= 0.3 is 5.97 Å². The first kappa shape index (κ1) is 15.4. The van der Waals surface area contributed by atoms with E-state index >= 15 is 0 Å². The summed E-state index contributed by atoms with van der Waals surface area (Å²) in [6, 6.07) is 0. The molecule has 0 amide bonds. The number of aliphatic hydroxyl groups is 1. The SMILES string of the molecule is O=C(O)CCN1CCN(CCCCCCO)CC1. The van der Waals surface area contributed by atoms with E-state index in [2.05, 4.69) is 9.80 Å². The zero-order valence-electron chi connectivity index (χ0n) is 11.2. The summed E-state index contributed by atoms with van der Waals surface area (Å²) >= 11 is 0. The topological polar surface area (TPSA) is 64.0 Å². The molecule has 0 radical (unpaired) electrons. The lowest BCUT2D eigenvalue weighted by molar-refractivity contribution is -0.137. The van der Waals surface area contributed by atoms with Crippen LogP contribution < -0.4 is 0 Å². The number of rotatable bonds is 9. The Hall–Kier alpha value is -0.650. The Kier molecular flexibility index (Phi) is 7.96. The molecule has 0 unspecified atom stereocenters. The molecular weight excluding hydrogens is 232 g/mol. The summed E-state index contributed by atoms with van der Waals surface area (Å²) < 4.78 is 0. The molecule has 0 saturated carbocycles. The first-order valence-corrected chi connectivity index (χ1v) is 6.99. The van der Waals surface area contributed by atoms with E-state index in [1.54, 1.807) is 0 Å². The highest BCUT2D eigenvalue weighted by molar-refractivity contribution is 5.66. The number of hydrogen-bond donors (Lipinski definition) is 2. The average Bonchev–Trinajstić information content (AvgIpc) is 2.37. The van der Waals surface area contributed by atoms with Gasteiger partial charge in [-0.1, -0.05) is 12.8 Å². The Labute approximate surface area is 109 Å². The van der Waals surface area contributed by atoms with Crippen molar-refractivity contribution in [3.05, 3.63) is 0 Å². The number of aliphatic hydroxyl groups excluding tert-OH is 1. The Morgan fingerprint density at radius 3 is 2.00 bits per heavy atom. The van der Waals surface area contributed by atoms with Gasteiger partial charge in [0.1, 0.15) is 0 Å². The standard InChI is InChI=1S/C13H26N2O3/c16-12-4-2-1-3-6-14-8-10-15(11-9-14)7-5-13(17)18/h16H,1-12H2,(H,17,18). The van der Waals surface area contributed by atoms with E-state index in [9.17, 15) is 4.79 Å². The van der Waals surface area contributed by atoms with Gasteiger partial charge in [-0.3, -0.25) is 4.79 Å². The van der Waals surface area contributed by atoms with Gasteiger partial charge in [-0.15, -0.1) is 0 Å². The van der Waals surface area contributed by atoms with Crippen molar-refractivity contribution in [2.75, 3.05) is 45.9 Å². The van der Waals surface area contributed by atoms with Crippen LogP contribution in [0.1, 0.15) is 32.1 Å². The number of carbonyl (C=O) groups is 1. The van der Waals surface area contributed by atoms with Gasteiger partial charge in [-0.05, 0) is 19.4 Å². The molecule has 1 heterocycles. The van der Waals surface area contributed by atoms with Gasteiger partial charge in [0.15, 0.2) is 0 Å². The molecule has 1 rings (SSSR count). The molecule has 1 saturated heterocycles. The molecule has 5 heteroatoms. The Balaban J connectivity index is 1.99. The quantitative estimate of drug-likeness (QED) is 0.594. The molecule has 2 N–H and O–H groups in total. The lowest BCUT2D eigenvalue weighted by Crippen LogP contribution is -2.47. The van der Waals surface area contributed by atoms with Crippen molar-refractivity contribution in [3.63, 3.8) is 0 Å². The van der Waals surface area contributed by atoms with Crippen molar-refractivity contribution in [1.82, 2.24) is 9.80 Å². The second-order valence-corrected chi connectivity index (χ2v) is 4.96. The largest absolute Gasteiger partial charge is 0.481 e. The Morgan fingerprint density at radius 1 is 0.889 bits per heavy atom. The minimum absolute atomic E-state index is 0.251. The summed E-state index contributed by atoms with van der Waals surface area (Å²) in [5, 5.41) is 17.3. The van der Waals surface area contributed by atoms with Gasteiger partial charge in [-0.25, -0.2) is 0 Å². The Morgan fingerprint density at radius 2 is 1.44 bits per heavy atom. The molecule has 106 valence electrons. The van der Waals surface area contributed by atoms with E-state index in [1.807, 2.05) is 0 Å². The van der Waals surface area contributed by atoms with E-state index in [4.69, 9.17) is 10.2 Å². The van der Waals surface area contributed by atoms with Crippen molar-refractivity contribution in [1.29, 1.82) is 0 Å². The van der Waals surface area contributed by atoms with Crippen LogP contribution in [0, 0.1) is 0 Å². The van der Waals surface area contributed by atoms with Crippen molar-refractivity contribution >= 4 is 5.97 Å². The number of nitrogens with zero attached hydrogens (tertiary/aromatic N) is 2. The van der Waals surface area contributed by atoms with E-state index in [-0.39, 0.29) is 6.42 Å². The molecule has 0 aromatic rings. The van der Waals surface area contributed by atoms with Crippen molar-refractivity contribution in [2.24, 2.45) is 0 Å². The molecular formula is C13H26N2O3. The fourth-order valence-electron chi connectivity index (χ4n) is 2.29. The summed E-state index contributed by atoms with van der Waals surface area (Å²) in [6.45, 7) is 6.22. The highest BCUT2D eigenvalue weighted by atomic mass is 16.4. The fourth-order valence-corrected chi connectivity index (χ4v) is 2.29. The van der Waals surface area contributed by atoms with E-state index in [0.29, 0.717) is 13.2 Å². The second kappa shape index (κ2) is 9.30. The molecule has 1 fully saturated rings. The third-order valence-corrected chi connectivity index (χ3v) is 3.49. The van der Waals surface area contributed by atoms with E-state index < -0.39 is 5.97 Å². The van der Waals surface area contributed by atoms with Crippen LogP contribution in [0.3, 0.4) is 0 Å². The molecule has 0 aromatic carbocycles. The predicted octanol–water partition coefficient (Wildman–Crippen LogP) is 0.631. The lowest BCUT2D eigenvalue weighted by Gasteiger charge is -2.34. The van der Waals surface area contributed by atoms with Gasteiger partial charge in [-0.2, -0.15) is 0 Å². The first-order chi connectivity index (χ1) is 8.72. The smallest absolute Gasteiger partial charge is 0.304 e. The van der Waals surface area contributed by atoms with Crippen LogP contribution in [-0.4, -0.2) is 71.9 Å². The van der Waals surface area contributed by atoms with Crippen LogP contribution in [-0.2, 0) is 4.79 Å². The Bertz CT molecular complexity index is 228. The average molecular weight is 258 g/mol. The number of unbranched alkanes of at least 4 members (excludes halogenated alkanes) is 3. The van der Waals surface area contributed by atoms with Gasteiger partial charge in [0.2, 0.25) is 0 Å². The zero-order valence-corrected chi connectivity index (χ0v) is 11.2. The molecule has 0 aliphatic carbocycles. The van der Waals surface area contributed by atoms with Crippen LogP contribution in [0.2, 0.25) is 0 Å². The van der Waals surface area contributed by atoms with Crippen LogP contribution >= 0.6 is 0 Å². The summed E-state index contributed by atoms with van der Waals surface area (Å²) in [6.07, 6.45) is 4.69. The maximum Gasteiger partial charge on any atom is 0.304 e. The molecule has 0 spiro atoms. The minimum Gasteiger partial charge on any atom is -0.481 e. The normalized spacial score (nSPS) is 18.1. The van der Waals surface area contributed by atoms with Crippen LogP contribution in [0.25, 0.3) is 0 Å². The number of aliphatic carboxylic acids is 1. The van der Waals surface area contributed by atoms with Crippen LogP contribution in [0.15, 0.2) is 0 Å². The third kappa shape index (κ3) is 6.93. The summed E-state index contributed by atoms with van der Waals surface area (Å²) in [5.41, 5.74) is 0. The third-order valence-electron chi connectivity index (χ3n) is 3.49. The minimum atomic E-state index is -0.707. The van der Waals surface area contributed by atoms with Crippen molar-refractivity contribution in [3.8, 4) is 0 Å². The summed E-state index contributed by atoms with van der Waals surface area (Å²) in [7, 11) is 0. The molecule has 5 nitrogen and oxygen atoms in total. The molecule has 0 bridgehead atoms. The van der Waals surface area contributed by atoms with Crippen molar-refractivity contribution in [2.45, 2.75) is 32.1 Å². The van der Waals surface area contributed by atoms with Gasteiger partial charge in [0.25, 0.3) is 0 Å². The van der Waals surface area contributed by atoms with Gasteiger partial charge in [0, 0.05) is 39.3 Å². The fraction of sp³-hybridized carbons (Fsp3) is 0.923. The molecule has 0 atom stereocenters. The second-order valence-electron chi connectivity index (χ2n) is 4.96. The highest BCUT2D eigenvalue weighted by Gasteiger charge is 2.16. The molecule has 1 aliphatic rings. The molecule has 0 aromatic heterocycles. The van der Waals surface area contributed by atoms with Crippen LogP contribution in [0.5, 0.6) is 0 Å². The highest BCUT2D eigenvalue weighted by Crippen LogP contribution is 2.06. The monoisotopic (exact) mass is 258 g/mol. The number of hydrogen-bond acceptors (Lipinski definition) is 4. The summed E-state index contributed by atoms with van der Waals surface area (Å²) in [5.74, 6) is -0.707. The van der Waals surface area contributed by atoms with Crippen LogP contribution in [0.4, 0.5) is 0 Å². The first-order valence-electron chi connectivity index (χ1n) is 6.99. The predicted molar refractivity (Wildman–Crippen MR) is 70.7 cm³/mol. The van der Waals surface area contributed by atoms with E-state index in [0.717, 1.165) is 45.6 Å². The number of carboxylic acid groups (broad SMARTS) is 1. The summed E-state index contributed by atoms with van der Waals surface area (Å²) in [4.78, 5) is 15.2.